The van der Waals surface area contributed by atoms with Gasteiger partial charge in [-0.3, -0.25) is 4.79 Å². The number of nitrogens with two attached hydrogens (primary N) is 1. The number of amides is 2. The minimum absolute atomic E-state index is 0.115. The average Bonchev–Trinajstić information content (AvgIpc) is 3.29. The fourth-order valence-corrected chi connectivity index (χ4v) is 4.11. The maximum Gasteiger partial charge on any atom is 0.435 e. The monoisotopic (exact) mass is 488 g/mol. The zero-order valence-corrected chi connectivity index (χ0v) is 21.7. The van der Waals surface area contributed by atoms with Crippen LogP contribution in [0.1, 0.15) is 72.1 Å². The molecule has 2 aromatic rings. The molecule has 1 unspecified atom stereocenters. The van der Waals surface area contributed by atoms with Crippen molar-refractivity contribution in [2.75, 3.05) is 25.0 Å². The van der Waals surface area contributed by atoms with E-state index in [2.05, 4.69) is 29.1 Å². The summed E-state index contributed by atoms with van der Waals surface area (Å²) in [5.41, 5.74) is 11.1. The minimum atomic E-state index is -0.674. The first kappa shape index (κ1) is 26.8. The Morgan fingerprint density at radius 1 is 1.19 bits per heavy atom. The Morgan fingerprint density at radius 3 is 2.61 bits per heavy atom. The zero-order valence-electron chi connectivity index (χ0n) is 21.7. The predicted molar refractivity (Wildman–Crippen MR) is 144 cm³/mol. The van der Waals surface area contributed by atoms with Crippen molar-refractivity contribution >= 4 is 23.5 Å². The molecule has 2 aromatic carbocycles. The molecule has 190 valence electrons. The first-order valence-electron chi connectivity index (χ1n) is 12.6. The second-order valence-electron chi connectivity index (χ2n) is 9.17. The van der Waals surface area contributed by atoms with Gasteiger partial charge in [0.15, 0.2) is 0 Å². The second kappa shape index (κ2) is 12.8. The van der Waals surface area contributed by atoms with Crippen LogP contribution in [-0.4, -0.2) is 48.5 Å². The van der Waals surface area contributed by atoms with Crippen LogP contribution in [-0.2, 0) is 4.74 Å². The number of nitrogens with zero attached hydrogens (tertiary/aromatic N) is 2. The Morgan fingerprint density at radius 2 is 1.94 bits per heavy atom. The lowest BCUT2D eigenvalue weighted by atomic mass is 9.99. The Labute approximate surface area is 214 Å². The van der Waals surface area contributed by atoms with Gasteiger partial charge in [0.05, 0.1) is 13.2 Å². The van der Waals surface area contributed by atoms with Crippen molar-refractivity contribution in [2.45, 2.75) is 59.4 Å². The standard InChI is InChI=1S/C29H36N4O3/c1-5-6-17-36-29(35)32-27(30)23-11-13-25(14-12-23)31-15-7-10-24-18-21(3)26(19-20(24)2)28(34)33-16-8-9-22(33)4/h11-14,18-19,22,31H,5-6,8-9,15-17H2,1-4H3,(H2,30,32,35). The molecule has 0 spiro atoms. The molecule has 1 heterocycles. The summed E-state index contributed by atoms with van der Waals surface area (Å²) in [5.74, 6) is 6.60. The van der Waals surface area contributed by atoms with Crippen LogP contribution >= 0.6 is 0 Å². The number of benzene rings is 2. The third kappa shape index (κ3) is 7.11. The highest BCUT2D eigenvalue weighted by atomic mass is 16.5. The minimum Gasteiger partial charge on any atom is -0.448 e. The number of unbranched alkanes of at least 4 members (excludes halogenated alkanes) is 1. The van der Waals surface area contributed by atoms with Crippen LogP contribution in [0.2, 0.25) is 0 Å². The highest BCUT2D eigenvalue weighted by Gasteiger charge is 2.27. The molecule has 36 heavy (non-hydrogen) atoms. The van der Waals surface area contributed by atoms with Crippen LogP contribution < -0.4 is 11.1 Å². The number of anilines is 1. The van der Waals surface area contributed by atoms with E-state index in [-0.39, 0.29) is 11.7 Å². The molecule has 3 N–H and O–H groups in total. The molecule has 3 rings (SSSR count). The molecular formula is C29H36N4O3. The van der Waals surface area contributed by atoms with E-state index in [1.54, 1.807) is 12.1 Å². The van der Waals surface area contributed by atoms with Crippen LogP contribution in [0.25, 0.3) is 0 Å². The lowest BCUT2D eigenvalue weighted by Gasteiger charge is -2.22. The van der Waals surface area contributed by atoms with Crippen molar-refractivity contribution in [3.05, 3.63) is 64.2 Å². The lowest BCUT2D eigenvalue weighted by Crippen LogP contribution is -2.34. The van der Waals surface area contributed by atoms with E-state index in [9.17, 15) is 9.59 Å². The zero-order chi connectivity index (χ0) is 26.1. The van der Waals surface area contributed by atoms with Gasteiger partial charge in [-0.05, 0) is 87.6 Å². The van der Waals surface area contributed by atoms with Crippen LogP contribution in [0, 0.1) is 25.7 Å². The van der Waals surface area contributed by atoms with Crippen molar-refractivity contribution in [2.24, 2.45) is 10.7 Å². The molecule has 1 aliphatic heterocycles. The van der Waals surface area contributed by atoms with Gasteiger partial charge in [-0.1, -0.05) is 25.2 Å². The number of aliphatic imine (C=N–C) groups is 1. The normalized spacial score (nSPS) is 15.3. The number of aryl methyl sites for hydroxylation is 2. The summed E-state index contributed by atoms with van der Waals surface area (Å²) in [4.78, 5) is 30.4. The number of amidine groups is 1. The number of carbonyl (C=O) groups excluding carboxylic acids is 2. The Bertz CT molecular complexity index is 1180. The highest BCUT2D eigenvalue weighted by molar-refractivity contribution is 6.03. The number of rotatable bonds is 7. The number of likely N-dealkylation sites (tertiary alicyclic amines) is 1. The maximum atomic E-state index is 13.0. The van der Waals surface area contributed by atoms with Gasteiger partial charge in [0.25, 0.3) is 5.91 Å². The molecular weight excluding hydrogens is 452 g/mol. The van der Waals surface area contributed by atoms with Crippen molar-refractivity contribution in [3.63, 3.8) is 0 Å². The summed E-state index contributed by atoms with van der Waals surface area (Å²) in [6.45, 7) is 9.72. The molecule has 1 aliphatic rings. The van der Waals surface area contributed by atoms with Crippen molar-refractivity contribution in [1.82, 2.24) is 4.90 Å². The van der Waals surface area contributed by atoms with Crippen molar-refractivity contribution < 1.29 is 14.3 Å². The maximum absolute atomic E-state index is 13.0. The molecule has 1 atom stereocenters. The summed E-state index contributed by atoms with van der Waals surface area (Å²) in [6, 6.07) is 11.6. The van der Waals surface area contributed by atoms with E-state index in [0.717, 1.165) is 60.2 Å². The van der Waals surface area contributed by atoms with Crippen LogP contribution in [0.15, 0.2) is 41.4 Å². The van der Waals surface area contributed by atoms with Crippen LogP contribution in [0.4, 0.5) is 10.5 Å². The van der Waals surface area contributed by atoms with Crippen LogP contribution in [0.5, 0.6) is 0 Å². The lowest BCUT2D eigenvalue weighted by molar-refractivity contribution is 0.0746. The molecule has 0 bridgehead atoms. The predicted octanol–water partition coefficient (Wildman–Crippen LogP) is 5.03. The molecule has 1 fully saturated rings. The molecule has 0 aliphatic carbocycles. The van der Waals surface area contributed by atoms with Gasteiger partial charge in [-0.2, -0.15) is 4.99 Å². The summed E-state index contributed by atoms with van der Waals surface area (Å²) >= 11 is 0. The van der Waals surface area contributed by atoms with E-state index in [1.165, 1.54) is 0 Å². The second-order valence-corrected chi connectivity index (χ2v) is 9.17. The molecule has 0 radical (unpaired) electrons. The van der Waals surface area contributed by atoms with Gasteiger partial charge in [0.1, 0.15) is 5.84 Å². The molecule has 7 nitrogen and oxygen atoms in total. The number of nitrogens with one attached hydrogen (secondary N) is 1. The first-order valence-corrected chi connectivity index (χ1v) is 12.6. The van der Waals surface area contributed by atoms with Crippen LogP contribution in [0.3, 0.4) is 0 Å². The summed E-state index contributed by atoms with van der Waals surface area (Å²) < 4.78 is 5.01. The van der Waals surface area contributed by atoms with E-state index in [0.29, 0.717) is 24.8 Å². The quantitative estimate of drug-likeness (QED) is 0.246. The van der Waals surface area contributed by atoms with Gasteiger partial charge < -0.3 is 20.7 Å². The number of ether oxygens (including phenoxy) is 1. The van der Waals surface area contributed by atoms with Crippen molar-refractivity contribution in [3.8, 4) is 11.8 Å². The smallest absolute Gasteiger partial charge is 0.435 e. The Kier molecular flexibility index (Phi) is 9.52. The first-order chi connectivity index (χ1) is 17.3. The van der Waals surface area contributed by atoms with E-state index in [1.807, 2.05) is 49.9 Å². The fraction of sp³-hybridized carbons (Fsp3) is 0.414. The third-order valence-electron chi connectivity index (χ3n) is 6.34. The Balaban J connectivity index is 1.57. The van der Waals surface area contributed by atoms with Gasteiger partial charge >= 0.3 is 6.09 Å². The average molecular weight is 489 g/mol. The van der Waals surface area contributed by atoms with E-state index < -0.39 is 6.09 Å². The van der Waals surface area contributed by atoms with Crippen molar-refractivity contribution in [1.29, 1.82) is 0 Å². The number of hydrogen-bond donors (Lipinski definition) is 2. The van der Waals surface area contributed by atoms with E-state index >= 15 is 0 Å². The van der Waals surface area contributed by atoms with Gasteiger partial charge in [0.2, 0.25) is 0 Å². The summed E-state index contributed by atoms with van der Waals surface area (Å²) in [7, 11) is 0. The Hall–Kier alpha value is -3.79. The SMILES string of the molecule is CCCCOC(=O)N=C(N)c1ccc(NCC#Cc2cc(C)c(C(=O)N3CCCC3C)cc2C)cc1. The summed E-state index contributed by atoms with van der Waals surface area (Å²) in [5, 5.41) is 3.26. The fourth-order valence-electron chi connectivity index (χ4n) is 4.11. The molecule has 7 heteroatoms. The molecule has 1 saturated heterocycles. The van der Waals surface area contributed by atoms with Gasteiger partial charge in [-0.15, -0.1) is 0 Å². The molecule has 0 saturated carbocycles. The number of carbonyl (C=O) groups is 2. The largest absolute Gasteiger partial charge is 0.448 e. The van der Waals surface area contributed by atoms with Gasteiger partial charge in [0, 0.05) is 35.0 Å². The third-order valence-corrected chi connectivity index (χ3v) is 6.34. The molecule has 0 aromatic heterocycles. The van der Waals surface area contributed by atoms with E-state index in [4.69, 9.17) is 10.5 Å². The number of hydrogen-bond acceptors (Lipinski definition) is 4. The van der Waals surface area contributed by atoms with Gasteiger partial charge in [-0.25, -0.2) is 4.79 Å². The molecule has 2 amide bonds. The summed E-state index contributed by atoms with van der Waals surface area (Å²) in [6.07, 6.45) is 3.20. The highest BCUT2D eigenvalue weighted by Crippen LogP contribution is 2.23. The topological polar surface area (TPSA) is 97.0 Å².